The molecule has 1 saturated heterocycles. The number of aliphatic hydroxyl groups excluding tert-OH is 1. The molecule has 1 amide bonds. The Hall–Kier alpha value is -1.53. The molecule has 1 fully saturated rings. The first-order chi connectivity index (χ1) is 9.95. The third-order valence-electron chi connectivity index (χ3n) is 3.75. The van der Waals surface area contributed by atoms with Gasteiger partial charge < -0.3 is 15.3 Å². The Kier molecular flexibility index (Phi) is 5.25. The van der Waals surface area contributed by atoms with Crippen molar-refractivity contribution in [2.24, 2.45) is 0 Å². The third-order valence-corrected chi connectivity index (χ3v) is 3.75. The van der Waals surface area contributed by atoms with Gasteiger partial charge in [-0.15, -0.1) is 0 Å². The number of hydrogen-bond donors (Lipinski definition) is 2. The highest BCUT2D eigenvalue weighted by atomic mass is 19.1. The number of aliphatic hydroxyl groups is 1. The van der Waals surface area contributed by atoms with Crippen molar-refractivity contribution >= 4 is 5.91 Å². The molecule has 116 valence electrons. The van der Waals surface area contributed by atoms with E-state index >= 15 is 0 Å². The minimum atomic E-state index is -0.983. The molecule has 0 bridgehead atoms. The molecule has 2 N–H and O–H groups in total. The van der Waals surface area contributed by atoms with Gasteiger partial charge in [-0.25, -0.2) is 8.78 Å². The van der Waals surface area contributed by atoms with Crippen LogP contribution in [-0.4, -0.2) is 41.6 Å². The number of β-amino-alcohol motifs (C(OH)–C–C–N with tert-alkyl or cyclic N) is 1. The molecule has 21 heavy (non-hydrogen) atoms. The number of carbonyl (C=O) groups excluding carboxylic acids is 1. The van der Waals surface area contributed by atoms with E-state index in [1.165, 1.54) is 13.0 Å². The van der Waals surface area contributed by atoms with Crippen LogP contribution in [0.4, 0.5) is 8.78 Å². The molecule has 1 aromatic carbocycles. The van der Waals surface area contributed by atoms with Crippen molar-refractivity contribution in [2.75, 3.05) is 19.6 Å². The fourth-order valence-electron chi connectivity index (χ4n) is 2.66. The maximum atomic E-state index is 13.6. The van der Waals surface area contributed by atoms with Gasteiger partial charge in [-0.05, 0) is 18.9 Å². The second kappa shape index (κ2) is 6.95. The summed E-state index contributed by atoms with van der Waals surface area (Å²) in [6.07, 6.45) is 0.624. The van der Waals surface area contributed by atoms with E-state index in [1.54, 1.807) is 0 Å². The number of amides is 1. The molecule has 1 aliphatic heterocycles. The topological polar surface area (TPSA) is 52.6 Å². The van der Waals surface area contributed by atoms with E-state index in [-0.39, 0.29) is 17.5 Å². The van der Waals surface area contributed by atoms with Crippen LogP contribution < -0.4 is 5.32 Å². The molecule has 0 aromatic heterocycles. The van der Waals surface area contributed by atoms with Crippen LogP contribution in [0.25, 0.3) is 0 Å². The standard InChI is InChI=1S/C15H20F2N2O2/c1-10(20)18-12-4-6-19(7-5-12)9-15(21)13-3-2-11(16)8-14(13)17/h2-3,8,12,15,21H,4-7,9H2,1H3,(H,18,20). The highest BCUT2D eigenvalue weighted by Gasteiger charge is 2.23. The maximum absolute atomic E-state index is 13.6. The molecule has 0 aliphatic carbocycles. The van der Waals surface area contributed by atoms with Crippen LogP contribution in [0, 0.1) is 11.6 Å². The summed E-state index contributed by atoms with van der Waals surface area (Å²) in [5, 5.41) is 13.0. The Morgan fingerprint density at radius 3 is 2.67 bits per heavy atom. The Morgan fingerprint density at radius 2 is 2.10 bits per heavy atom. The average molecular weight is 298 g/mol. The number of halogens is 2. The van der Waals surface area contributed by atoms with Crippen LogP contribution in [0.2, 0.25) is 0 Å². The summed E-state index contributed by atoms with van der Waals surface area (Å²) in [7, 11) is 0. The highest BCUT2D eigenvalue weighted by Crippen LogP contribution is 2.21. The Bertz CT molecular complexity index is 502. The SMILES string of the molecule is CC(=O)NC1CCN(CC(O)c2ccc(F)cc2F)CC1. The van der Waals surface area contributed by atoms with Crippen LogP contribution in [0.5, 0.6) is 0 Å². The number of piperidine rings is 1. The van der Waals surface area contributed by atoms with Crippen molar-refractivity contribution in [1.29, 1.82) is 0 Å². The molecule has 1 unspecified atom stereocenters. The lowest BCUT2D eigenvalue weighted by molar-refractivity contribution is -0.120. The summed E-state index contributed by atoms with van der Waals surface area (Å²) >= 11 is 0. The van der Waals surface area contributed by atoms with Gasteiger partial charge in [0.1, 0.15) is 11.6 Å². The molecule has 4 nitrogen and oxygen atoms in total. The summed E-state index contributed by atoms with van der Waals surface area (Å²) < 4.78 is 26.4. The van der Waals surface area contributed by atoms with E-state index in [9.17, 15) is 18.7 Å². The minimum Gasteiger partial charge on any atom is -0.387 e. The lowest BCUT2D eigenvalue weighted by Crippen LogP contribution is -2.45. The predicted octanol–water partition coefficient (Wildman–Crippen LogP) is 1.60. The van der Waals surface area contributed by atoms with E-state index in [0.29, 0.717) is 6.54 Å². The molecule has 6 heteroatoms. The van der Waals surface area contributed by atoms with Crippen molar-refractivity contribution in [3.8, 4) is 0 Å². The zero-order chi connectivity index (χ0) is 15.4. The first-order valence-corrected chi connectivity index (χ1v) is 7.08. The number of hydrogen-bond acceptors (Lipinski definition) is 3. The molecule has 1 atom stereocenters. The minimum absolute atomic E-state index is 0.0399. The predicted molar refractivity (Wildman–Crippen MR) is 74.6 cm³/mol. The molecule has 0 radical (unpaired) electrons. The molecule has 1 aliphatic rings. The Balaban J connectivity index is 1.86. The van der Waals surface area contributed by atoms with Crippen LogP contribution >= 0.6 is 0 Å². The molecule has 1 aromatic rings. The third kappa shape index (κ3) is 4.47. The normalized spacial score (nSPS) is 18.5. The zero-order valence-corrected chi connectivity index (χ0v) is 12.0. The number of rotatable bonds is 4. The van der Waals surface area contributed by atoms with Crippen LogP contribution in [0.3, 0.4) is 0 Å². The largest absolute Gasteiger partial charge is 0.387 e. The van der Waals surface area contributed by atoms with Crippen molar-refractivity contribution < 1.29 is 18.7 Å². The first kappa shape index (κ1) is 15.9. The zero-order valence-electron chi connectivity index (χ0n) is 12.0. The molecule has 0 spiro atoms. The summed E-state index contributed by atoms with van der Waals surface area (Å²) in [5.74, 6) is -1.42. The lowest BCUT2D eigenvalue weighted by atomic mass is 10.0. The molecule has 2 rings (SSSR count). The maximum Gasteiger partial charge on any atom is 0.217 e. The quantitative estimate of drug-likeness (QED) is 0.888. The van der Waals surface area contributed by atoms with E-state index in [2.05, 4.69) is 5.32 Å². The van der Waals surface area contributed by atoms with Gasteiger partial charge >= 0.3 is 0 Å². The van der Waals surface area contributed by atoms with Gasteiger partial charge in [0.15, 0.2) is 0 Å². The number of nitrogens with zero attached hydrogens (tertiary/aromatic N) is 1. The smallest absolute Gasteiger partial charge is 0.217 e. The summed E-state index contributed by atoms with van der Waals surface area (Å²) in [5.41, 5.74) is 0.111. The summed E-state index contributed by atoms with van der Waals surface area (Å²) in [4.78, 5) is 13.0. The molecular formula is C15H20F2N2O2. The van der Waals surface area contributed by atoms with E-state index in [4.69, 9.17) is 0 Å². The summed E-state index contributed by atoms with van der Waals surface area (Å²) in [6, 6.07) is 3.37. The number of carbonyl (C=O) groups is 1. The van der Waals surface area contributed by atoms with Crippen molar-refractivity contribution in [3.63, 3.8) is 0 Å². The fourth-order valence-corrected chi connectivity index (χ4v) is 2.66. The fraction of sp³-hybridized carbons (Fsp3) is 0.533. The van der Waals surface area contributed by atoms with Gasteiger partial charge in [0.05, 0.1) is 6.10 Å². The van der Waals surface area contributed by atoms with Gasteiger partial charge in [-0.2, -0.15) is 0 Å². The van der Waals surface area contributed by atoms with E-state index in [1.807, 2.05) is 4.90 Å². The number of nitrogens with one attached hydrogen (secondary N) is 1. The molecule has 0 saturated carbocycles. The van der Waals surface area contributed by atoms with E-state index in [0.717, 1.165) is 38.1 Å². The second-order valence-corrected chi connectivity index (χ2v) is 5.46. The van der Waals surface area contributed by atoms with Crippen molar-refractivity contribution in [3.05, 3.63) is 35.4 Å². The lowest BCUT2D eigenvalue weighted by Gasteiger charge is -2.33. The van der Waals surface area contributed by atoms with Crippen LogP contribution in [0.15, 0.2) is 18.2 Å². The van der Waals surface area contributed by atoms with Gasteiger partial charge in [0.2, 0.25) is 5.91 Å². The van der Waals surface area contributed by atoms with Gasteiger partial charge in [0, 0.05) is 44.2 Å². The van der Waals surface area contributed by atoms with Gasteiger partial charge in [-0.1, -0.05) is 6.07 Å². The summed E-state index contributed by atoms with van der Waals surface area (Å²) in [6.45, 7) is 3.25. The van der Waals surface area contributed by atoms with E-state index < -0.39 is 17.7 Å². The van der Waals surface area contributed by atoms with Crippen molar-refractivity contribution in [2.45, 2.75) is 31.9 Å². The first-order valence-electron chi connectivity index (χ1n) is 7.08. The number of likely N-dealkylation sites (tertiary alicyclic amines) is 1. The Labute approximate surface area is 122 Å². The van der Waals surface area contributed by atoms with Crippen LogP contribution in [-0.2, 0) is 4.79 Å². The van der Waals surface area contributed by atoms with Crippen LogP contribution in [0.1, 0.15) is 31.4 Å². The highest BCUT2D eigenvalue weighted by molar-refractivity contribution is 5.73. The Morgan fingerprint density at radius 1 is 1.43 bits per heavy atom. The number of benzene rings is 1. The van der Waals surface area contributed by atoms with Gasteiger partial charge in [0.25, 0.3) is 0 Å². The molecule has 1 heterocycles. The molecular weight excluding hydrogens is 278 g/mol. The monoisotopic (exact) mass is 298 g/mol. The second-order valence-electron chi connectivity index (χ2n) is 5.46. The van der Waals surface area contributed by atoms with Crippen molar-refractivity contribution in [1.82, 2.24) is 10.2 Å². The van der Waals surface area contributed by atoms with Gasteiger partial charge in [-0.3, -0.25) is 4.79 Å². The average Bonchev–Trinajstić information content (AvgIpc) is 2.40.